The van der Waals surface area contributed by atoms with Crippen LogP contribution < -0.4 is 26.6 Å². The minimum absolute atomic E-state index is 0.150. The molecule has 1 aliphatic carbocycles. The van der Waals surface area contributed by atoms with Gasteiger partial charge in [-0.3, -0.25) is 4.79 Å². The predicted molar refractivity (Wildman–Crippen MR) is 118 cm³/mol. The summed E-state index contributed by atoms with van der Waals surface area (Å²) < 4.78 is 5.20. The van der Waals surface area contributed by atoms with E-state index in [1.54, 1.807) is 6.07 Å². The smallest absolute Gasteiger partial charge is 0.333 e. The molecule has 0 aromatic heterocycles. The molecule has 3 amide bonds. The summed E-state index contributed by atoms with van der Waals surface area (Å²) in [6, 6.07) is 13.8. The van der Waals surface area contributed by atoms with Gasteiger partial charge in [0.05, 0.1) is 23.5 Å². The summed E-state index contributed by atoms with van der Waals surface area (Å²) in [5, 5.41) is 5.75. The van der Waals surface area contributed by atoms with Gasteiger partial charge in [-0.15, -0.1) is 0 Å². The van der Waals surface area contributed by atoms with E-state index in [0.29, 0.717) is 22.2 Å². The Balaban J connectivity index is 1.65. The molecule has 0 atom stereocenters. The molecule has 0 bridgehead atoms. The number of amides is 3. The number of nitrogens with one attached hydrogen (secondary N) is 1. The number of fused-ring (bicyclic) bond motifs is 1. The van der Waals surface area contributed by atoms with Gasteiger partial charge in [-0.05, 0) is 53.3 Å². The third kappa shape index (κ3) is 3.90. The van der Waals surface area contributed by atoms with E-state index in [2.05, 4.69) is 17.4 Å². The van der Waals surface area contributed by atoms with Gasteiger partial charge in [0.1, 0.15) is 5.75 Å². The zero-order chi connectivity index (χ0) is 21.4. The number of hydrazine groups is 1. The maximum Gasteiger partial charge on any atom is 0.333 e. The number of halogens is 1. The Bertz CT molecular complexity index is 1160. The van der Waals surface area contributed by atoms with E-state index in [1.165, 1.54) is 37.6 Å². The van der Waals surface area contributed by atoms with Crippen LogP contribution in [0.15, 0.2) is 48.5 Å². The Hall–Kier alpha value is -3.29. The minimum atomic E-state index is -0.899. The zero-order valence-corrected chi connectivity index (χ0v) is 17.1. The van der Waals surface area contributed by atoms with Gasteiger partial charge in [0.15, 0.2) is 0 Å². The van der Waals surface area contributed by atoms with Crippen LogP contribution in [0, 0.1) is 0 Å². The van der Waals surface area contributed by atoms with Crippen LogP contribution in [0.5, 0.6) is 5.75 Å². The van der Waals surface area contributed by atoms with Gasteiger partial charge in [0.25, 0.3) is 5.91 Å². The van der Waals surface area contributed by atoms with E-state index in [-0.39, 0.29) is 22.3 Å². The van der Waals surface area contributed by atoms with Crippen molar-refractivity contribution >= 4 is 45.7 Å². The molecule has 8 heteroatoms. The summed E-state index contributed by atoms with van der Waals surface area (Å²) in [7, 11) is 1.44. The highest BCUT2D eigenvalue weighted by molar-refractivity contribution is 6.32. The van der Waals surface area contributed by atoms with Gasteiger partial charge in [0.2, 0.25) is 0 Å². The van der Waals surface area contributed by atoms with E-state index >= 15 is 0 Å². The fourth-order valence-corrected chi connectivity index (χ4v) is 3.62. The number of nitrogens with zero attached hydrogens (tertiary/aromatic N) is 1. The van der Waals surface area contributed by atoms with Crippen LogP contribution in [0.4, 0.5) is 16.2 Å². The van der Waals surface area contributed by atoms with Crippen molar-refractivity contribution in [3.05, 3.63) is 64.7 Å². The third-order valence-corrected chi connectivity index (χ3v) is 5.49. The molecule has 0 spiro atoms. The standard InChI is InChI=1S/C22H21ClN4O3/c1-30-20-11-18(19(10-17(20)23)27(25)22(24)29)26-21(28)16-7-6-14-8-13(12-2-3-12)4-5-15(14)9-16/h4-12H,2-3,25H2,1H3,(H2,24,29)(H,26,28). The molecule has 0 unspecified atom stereocenters. The molecule has 1 aliphatic rings. The van der Waals surface area contributed by atoms with E-state index in [1.807, 2.05) is 18.2 Å². The van der Waals surface area contributed by atoms with Gasteiger partial charge in [-0.25, -0.2) is 15.6 Å². The summed E-state index contributed by atoms with van der Waals surface area (Å²) in [6.45, 7) is 0. The largest absolute Gasteiger partial charge is 0.495 e. The molecule has 0 radical (unpaired) electrons. The number of hydrogen-bond acceptors (Lipinski definition) is 4. The molecule has 154 valence electrons. The van der Waals surface area contributed by atoms with Crippen molar-refractivity contribution in [2.45, 2.75) is 18.8 Å². The summed E-state index contributed by atoms with van der Waals surface area (Å²) in [5.74, 6) is 6.36. The number of methoxy groups -OCH3 is 1. The van der Waals surface area contributed by atoms with Crippen LogP contribution in [-0.4, -0.2) is 19.0 Å². The van der Waals surface area contributed by atoms with Gasteiger partial charge in [-0.1, -0.05) is 35.9 Å². The maximum atomic E-state index is 12.9. The second-order valence-corrected chi connectivity index (χ2v) is 7.67. The van der Waals surface area contributed by atoms with Crippen molar-refractivity contribution in [2.24, 2.45) is 11.6 Å². The molecule has 1 fully saturated rings. The second kappa shape index (κ2) is 7.85. The number of ether oxygens (including phenoxy) is 1. The fourth-order valence-electron chi connectivity index (χ4n) is 3.39. The van der Waals surface area contributed by atoms with E-state index in [0.717, 1.165) is 10.8 Å². The number of hydrogen-bond donors (Lipinski definition) is 3. The predicted octanol–water partition coefficient (Wildman–Crippen LogP) is 4.39. The first-order chi connectivity index (χ1) is 14.4. The van der Waals surface area contributed by atoms with Crippen molar-refractivity contribution in [1.82, 2.24) is 0 Å². The van der Waals surface area contributed by atoms with Gasteiger partial charge >= 0.3 is 6.03 Å². The molecule has 0 saturated heterocycles. The van der Waals surface area contributed by atoms with Crippen LogP contribution in [0.25, 0.3) is 10.8 Å². The lowest BCUT2D eigenvalue weighted by molar-refractivity contribution is 0.102. The summed E-state index contributed by atoms with van der Waals surface area (Å²) in [4.78, 5) is 24.4. The average Bonchev–Trinajstić information content (AvgIpc) is 3.58. The molecular formula is C22H21ClN4O3. The number of rotatable bonds is 5. The number of carbonyl (C=O) groups excluding carboxylic acids is 2. The van der Waals surface area contributed by atoms with E-state index < -0.39 is 6.03 Å². The molecular weight excluding hydrogens is 404 g/mol. The number of carbonyl (C=O) groups is 2. The molecule has 0 aliphatic heterocycles. The Morgan fingerprint density at radius 2 is 1.80 bits per heavy atom. The number of anilines is 2. The molecule has 30 heavy (non-hydrogen) atoms. The lowest BCUT2D eigenvalue weighted by atomic mass is 10.0. The lowest BCUT2D eigenvalue weighted by Crippen LogP contribution is -2.42. The highest BCUT2D eigenvalue weighted by Crippen LogP contribution is 2.41. The fraction of sp³-hybridized carbons (Fsp3) is 0.182. The van der Waals surface area contributed by atoms with Crippen LogP contribution in [0.3, 0.4) is 0 Å². The molecule has 1 saturated carbocycles. The number of urea groups is 1. The van der Waals surface area contributed by atoms with Gasteiger partial charge in [-0.2, -0.15) is 0 Å². The second-order valence-electron chi connectivity index (χ2n) is 7.26. The Morgan fingerprint density at radius 1 is 1.10 bits per heavy atom. The first-order valence-corrected chi connectivity index (χ1v) is 9.82. The molecule has 3 aromatic carbocycles. The Kier molecular flexibility index (Phi) is 5.24. The van der Waals surface area contributed by atoms with Crippen molar-refractivity contribution < 1.29 is 14.3 Å². The quantitative estimate of drug-likeness (QED) is 0.320. The highest BCUT2D eigenvalue weighted by atomic mass is 35.5. The molecule has 0 heterocycles. The van der Waals surface area contributed by atoms with Crippen LogP contribution >= 0.6 is 11.6 Å². The maximum absolute atomic E-state index is 12.9. The Morgan fingerprint density at radius 3 is 2.47 bits per heavy atom. The first kappa shape index (κ1) is 20.0. The lowest BCUT2D eigenvalue weighted by Gasteiger charge is -2.20. The first-order valence-electron chi connectivity index (χ1n) is 9.44. The van der Waals surface area contributed by atoms with Crippen LogP contribution in [-0.2, 0) is 0 Å². The number of primary amides is 1. The zero-order valence-electron chi connectivity index (χ0n) is 16.3. The SMILES string of the molecule is COc1cc(NC(=O)c2ccc3cc(C4CC4)ccc3c2)c(N(N)C(N)=O)cc1Cl. The topological polar surface area (TPSA) is 111 Å². The van der Waals surface area contributed by atoms with Gasteiger partial charge < -0.3 is 15.8 Å². The highest BCUT2D eigenvalue weighted by Gasteiger charge is 2.23. The monoisotopic (exact) mass is 424 g/mol. The van der Waals surface area contributed by atoms with E-state index in [9.17, 15) is 9.59 Å². The molecule has 7 nitrogen and oxygen atoms in total. The van der Waals surface area contributed by atoms with Gasteiger partial charge in [0, 0.05) is 11.6 Å². The number of benzene rings is 3. The summed E-state index contributed by atoms with van der Waals surface area (Å²) in [6.07, 6.45) is 2.48. The Labute approximate surface area is 178 Å². The normalized spacial score (nSPS) is 13.2. The van der Waals surface area contributed by atoms with Crippen LogP contribution in [0.2, 0.25) is 5.02 Å². The molecule has 4 rings (SSSR count). The average molecular weight is 425 g/mol. The summed E-state index contributed by atoms with van der Waals surface area (Å²) >= 11 is 6.14. The van der Waals surface area contributed by atoms with Crippen molar-refractivity contribution in [2.75, 3.05) is 17.4 Å². The van der Waals surface area contributed by atoms with E-state index in [4.69, 9.17) is 27.9 Å². The number of nitrogens with two attached hydrogens (primary N) is 2. The van der Waals surface area contributed by atoms with Crippen molar-refractivity contribution in [1.29, 1.82) is 0 Å². The summed E-state index contributed by atoms with van der Waals surface area (Å²) in [5.41, 5.74) is 7.47. The third-order valence-electron chi connectivity index (χ3n) is 5.19. The van der Waals surface area contributed by atoms with Crippen molar-refractivity contribution in [3.8, 4) is 5.75 Å². The molecule has 3 aromatic rings. The molecule has 5 N–H and O–H groups in total. The minimum Gasteiger partial charge on any atom is -0.495 e. The van der Waals surface area contributed by atoms with Crippen LogP contribution in [0.1, 0.15) is 34.7 Å². The van der Waals surface area contributed by atoms with Crippen molar-refractivity contribution in [3.63, 3.8) is 0 Å².